The van der Waals surface area contributed by atoms with Gasteiger partial charge in [0.15, 0.2) is 0 Å². The smallest absolute Gasteiger partial charge is 0.341 e. The number of carbonyl (C=O) groups excluding carboxylic acids is 1. The maximum absolute atomic E-state index is 13.9. The highest BCUT2D eigenvalue weighted by Crippen LogP contribution is 2.23. The van der Waals surface area contributed by atoms with Gasteiger partial charge in [0.1, 0.15) is 17.2 Å². The lowest BCUT2D eigenvalue weighted by Gasteiger charge is -2.15. The van der Waals surface area contributed by atoms with E-state index in [0.29, 0.717) is 0 Å². The second kappa shape index (κ2) is 6.25. The molecule has 0 spiro atoms. The number of hydrogen-bond acceptors (Lipinski definition) is 4. The third-order valence-corrected chi connectivity index (χ3v) is 3.57. The number of benzene rings is 1. The highest BCUT2D eigenvalue weighted by Gasteiger charge is 2.16. The second-order valence-electron chi connectivity index (χ2n) is 4.23. The molecule has 21 heavy (non-hydrogen) atoms. The van der Waals surface area contributed by atoms with Gasteiger partial charge < -0.3 is 10.1 Å². The number of anilines is 2. The monoisotopic (exact) mass is 402 g/mol. The van der Waals surface area contributed by atoms with Crippen LogP contribution >= 0.6 is 22.6 Å². The van der Waals surface area contributed by atoms with Gasteiger partial charge in [-0.05, 0) is 46.9 Å². The molecular formula is C14H12FIN2O3. The number of pyridine rings is 1. The molecule has 0 aliphatic rings. The Bertz CT molecular complexity index is 758. The second-order valence-corrected chi connectivity index (χ2v) is 5.48. The van der Waals surface area contributed by atoms with Crippen molar-refractivity contribution in [2.45, 2.75) is 0 Å². The van der Waals surface area contributed by atoms with Crippen molar-refractivity contribution in [1.82, 2.24) is 4.57 Å². The first-order valence-electron chi connectivity index (χ1n) is 5.94. The van der Waals surface area contributed by atoms with E-state index in [9.17, 15) is 14.0 Å². The fourth-order valence-corrected chi connectivity index (χ4v) is 2.23. The fourth-order valence-electron chi connectivity index (χ4n) is 1.78. The first-order valence-corrected chi connectivity index (χ1v) is 7.02. The minimum atomic E-state index is -0.612. The summed E-state index contributed by atoms with van der Waals surface area (Å²) in [5.41, 5.74) is -0.00427. The molecular weight excluding hydrogens is 390 g/mol. The zero-order valence-electron chi connectivity index (χ0n) is 11.3. The van der Waals surface area contributed by atoms with Crippen LogP contribution in [0.4, 0.5) is 15.9 Å². The molecule has 0 unspecified atom stereocenters. The van der Waals surface area contributed by atoms with E-state index in [-0.39, 0.29) is 22.6 Å². The Hall–Kier alpha value is -1.90. The zero-order valence-corrected chi connectivity index (χ0v) is 13.5. The topological polar surface area (TPSA) is 60.3 Å². The van der Waals surface area contributed by atoms with E-state index in [2.05, 4.69) is 10.1 Å². The minimum absolute atomic E-state index is 0.151. The van der Waals surface area contributed by atoms with Gasteiger partial charge in [0.05, 0.1) is 12.8 Å². The molecule has 0 amide bonds. The fraction of sp³-hybridized carbons (Fsp3) is 0.143. The van der Waals surface area contributed by atoms with Gasteiger partial charge in [-0.25, -0.2) is 9.18 Å². The molecule has 7 heteroatoms. The summed E-state index contributed by atoms with van der Waals surface area (Å²) in [7, 11) is 2.73. The molecule has 5 nitrogen and oxygen atoms in total. The molecule has 1 aromatic heterocycles. The number of hydrogen-bond donors (Lipinski definition) is 1. The van der Waals surface area contributed by atoms with Crippen molar-refractivity contribution in [1.29, 1.82) is 0 Å². The normalized spacial score (nSPS) is 10.3. The Morgan fingerprint density at radius 1 is 1.33 bits per heavy atom. The van der Waals surface area contributed by atoms with Crippen LogP contribution in [0.1, 0.15) is 10.4 Å². The number of nitrogens with zero attached hydrogens (tertiary/aromatic N) is 1. The molecule has 0 saturated carbocycles. The summed E-state index contributed by atoms with van der Waals surface area (Å²) in [6.45, 7) is 0. The lowest BCUT2D eigenvalue weighted by atomic mass is 10.2. The first kappa shape index (κ1) is 15.5. The van der Waals surface area contributed by atoms with Crippen LogP contribution in [0.2, 0.25) is 0 Å². The largest absolute Gasteiger partial charge is 0.465 e. The highest BCUT2D eigenvalue weighted by atomic mass is 127. The Labute approximate surface area is 133 Å². The lowest BCUT2D eigenvalue weighted by Crippen LogP contribution is -2.22. The number of methoxy groups -OCH3 is 1. The van der Waals surface area contributed by atoms with E-state index in [0.717, 1.165) is 3.57 Å². The molecule has 110 valence electrons. The molecule has 0 saturated heterocycles. The van der Waals surface area contributed by atoms with E-state index in [1.54, 1.807) is 6.07 Å². The van der Waals surface area contributed by atoms with Gasteiger partial charge in [-0.3, -0.25) is 9.36 Å². The van der Waals surface area contributed by atoms with Crippen molar-refractivity contribution in [3.05, 3.63) is 55.6 Å². The van der Waals surface area contributed by atoms with E-state index in [4.69, 9.17) is 0 Å². The Morgan fingerprint density at radius 3 is 2.67 bits per heavy atom. The molecule has 1 heterocycles. The van der Waals surface area contributed by atoms with Crippen LogP contribution in [0.25, 0.3) is 0 Å². The van der Waals surface area contributed by atoms with Crippen LogP contribution in [0, 0.1) is 9.39 Å². The summed E-state index contributed by atoms with van der Waals surface area (Å²) >= 11 is 1.99. The van der Waals surface area contributed by atoms with Crippen molar-refractivity contribution in [2.75, 3.05) is 12.4 Å². The van der Waals surface area contributed by atoms with Crippen molar-refractivity contribution < 1.29 is 13.9 Å². The summed E-state index contributed by atoms with van der Waals surface area (Å²) in [5, 5.41) is 2.78. The lowest BCUT2D eigenvalue weighted by molar-refractivity contribution is 0.0601. The predicted molar refractivity (Wildman–Crippen MR) is 85.4 cm³/mol. The summed E-state index contributed by atoms with van der Waals surface area (Å²) in [6, 6.07) is 7.20. The Morgan fingerprint density at radius 2 is 2.05 bits per heavy atom. The summed E-state index contributed by atoms with van der Waals surface area (Å²) < 4.78 is 20.5. The number of aromatic nitrogens is 1. The van der Waals surface area contributed by atoms with Crippen molar-refractivity contribution in [3.63, 3.8) is 0 Å². The first-order chi connectivity index (χ1) is 9.93. The predicted octanol–water partition coefficient (Wildman–Crippen LogP) is 2.66. The van der Waals surface area contributed by atoms with Crippen LogP contribution in [0.3, 0.4) is 0 Å². The molecule has 2 aromatic rings. The van der Waals surface area contributed by atoms with E-state index >= 15 is 0 Å². The third kappa shape index (κ3) is 3.23. The van der Waals surface area contributed by atoms with Gasteiger partial charge in [0.2, 0.25) is 0 Å². The van der Waals surface area contributed by atoms with E-state index < -0.39 is 11.8 Å². The van der Waals surface area contributed by atoms with Gasteiger partial charge >= 0.3 is 5.97 Å². The summed E-state index contributed by atoms with van der Waals surface area (Å²) in [5.74, 6) is -0.914. The van der Waals surface area contributed by atoms with Crippen LogP contribution in [0.15, 0.2) is 35.1 Å². The average Bonchev–Trinajstić information content (AvgIpc) is 2.45. The quantitative estimate of drug-likeness (QED) is 0.634. The van der Waals surface area contributed by atoms with Gasteiger partial charge in [-0.1, -0.05) is 0 Å². The SMILES string of the molecule is COC(=O)c1ccc(=O)n(C)c1Nc1ccc(I)cc1F. The zero-order chi connectivity index (χ0) is 15.6. The molecule has 0 aliphatic carbocycles. The molecule has 0 bridgehead atoms. The maximum atomic E-state index is 13.9. The molecule has 0 atom stereocenters. The number of carbonyl (C=O) groups is 1. The van der Waals surface area contributed by atoms with E-state index in [1.807, 2.05) is 22.6 Å². The van der Waals surface area contributed by atoms with Gasteiger partial charge in [-0.2, -0.15) is 0 Å². The Balaban J connectivity index is 2.54. The number of esters is 1. The highest BCUT2D eigenvalue weighted by molar-refractivity contribution is 14.1. The van der Waals surface area contributed by atoms with E-state index in [1.165, 1.54) is 43.0 Å². The molecule has 0 fully saturated rings. The summed E-state index contributed by atoms with van der Waals surface area (Å²) in [6.07, 6.45) is 0. The standard InChI is InChI=1S/C14H12FIN2O3/c1-18-12(19)6-4-9(14(20)21-2)13(18)17-11-5-3-8(16)7-10(11)15/h3-7,17H,1-2H3. The van der Waals surface area contributed by atoms with Crippen LogP contribution in [-0.4, -0.2) is 17.6 Å². The molecule has 1 N–H and O–H groups in total. The van der Waals surface area contributed by atoms with Gasteiger partial charge in [0.25, 0.3) is 5.56 Å². The molecule has 0 radical (unpaired) electrons. The average molecular weight is 402 g/mol. The van der Waals surface area contributed by atoms with Gasteiger partial charge in [-0.15, -0.1) is 0 Å². The van der Waals surface area contributed by atoms with Gasteiger partial charge in [0, 0.05) is 16.7 Å². The van der Waals surface area contributed by atoms with Crippen LogP contribution in [-0.2, 0) is 11.8 Å². The van der Waals surface area contributed by atoms with Crippen LogP contribution in [0.5, 0.6) is 0 Å². The minimum Gasteiger partial charge on any atom is -0.465 e. The number of ether oxygens (including phenoxy) is 1. The summed E-state index contributed by atoms with van der Waals surface area (Å²) in [4.78, 5) is 23.5. The number of halogens is 2. The number of nitrogens with one attached hydrogen (secondary N) is 1. The third-order valence-electron chi connectivity index (χ3n) is 2.90. The van der Waals surface area contributed by atoms with Crippen molar-refractivity contribution in [3.8, 4) is 0 Å². The molecule has 2 rings (SSSR count). The van der Waals surface area contributed by atoms with Crippen molar-refractivity contribution in [2.24, 2.45) is 7.05 Å². The van der Waals surface area contributed by atoms with Crippen LogP contribution < -0.4 is 10.9 Å². The molecule has 1 aromatic carbocycles. The van der Waals surface area contributed by atoms with Crippen molar-refractivity contribution >= 4 is 40.1 Å². The maximum Gasteiger partial charge on any atom is 0.341 e. The Kier molecular flexibility index (Phi) is 4.61. The molecule has 0 aliphatic heterocycles. The number of rotatable bonds is 3.